The van der Waals surface area contributed by atoms with Crippen molar-refractivity contribution in [1.82, 2.24) is 25.1 Å². The highest BCUT2D eigenvalue weighted by Crippen LogP contribution is 2.40. The van der Waals surface area contributed by atoms with E-state index >= 15 is 0 Å². The number of carbonyl (C=O) groups is 1. The Morgan fingerprint density at radius 1 is 1.44 bits per heavy atom. The summed E-state index contributed by atoms with van der Waals surface area (Å²) in [7, 11) is 0. The summed E-state index contributed by atoms with van der Waals surface area (Å²) in [5.74, 6) is 0.00356. The van der Waals surface area contributed by atoms with Crippen LogP contribution >= 0.6 is 11.6 Å². The molecule has 1 atom stereocenters. The lowest BCUT2D eigenvalue weighted by Gasteiger charge is -2.35. The molecule has 0 spiro atoms. The zero-order chi connectivity index (χ0) is 22.5. The predicted molar refractivity (Wildman–Crippen MR) is 100 cm³/mol. The van der Waals surface area contributed by atoms with Gasteiger partial charge in [0.15, 0.2) is 5.82 Å². The van der Waals surface area contributed by atoms with Gasteiger partial charge in [-0.2, -0.15) is 0 Å². The molecule has 9 heteroatoms. The standard InChI is InChI=1S/C18H24ClN5O3/c1-17(2,3)27-16(25)24-14(10-26-18(24,4)5)11-7-8-13(19)12(9-11)15-20-21-22-23(15)6/h7-9,14H,10H2,1-6H3/t14-/m1/s1/i6D3. The Kier molecular flexibility index (Phi) is 3.96. The summed E-state index contributed by atoms with van der Waals surface area (Å²) < 4.78 is 35.0. The van der Waals surface area contributed by atoms with Gasteiger partial charge < -0.3 is 9.47 Å². The largest absolute Gasteiger partial charge is 0.444 e. The molecular formula is C18H24ClN5O3. The molecule has 1 fully saturated rings. The van der Waals surface area contributed by atoms with Crippen LogP contribution in [0.4, 0.5) is 4.79 Å². The van der Waals surface area contributed by atoms with E-state index in [9.17, 15) is 4.79 Å². The summed E-state index contributed by atoms with van der Waals surface area (Å²) >= 11 is 6.33. The first-order valence-corrected chi connectivity index (χ1v) is 8.83. The molecule has 0 bridgehead atoms. The Balaban J connectivity index is 2.03. The third kappa shape index (κ3) is 3.91. The van der Waals surface area contributed by atoms with Crippen LogP contribution in [0.3, 0.4) is 0 Å². The highest BCUT2D eigenvalue weighted by atomic mass is 35.5. The van der Waals surface area contributed by atoms with Crippen molar-refractivity contribution in [2.75, 3.05) is 6.61 Å². The summed E-state index contributed by atoms with van der Waals surface area (Å²) in [6, 6.07) is 4.57. The summed E-state index contributed by atoms with van der Waals surface area (Å²) in [4.78, 5) is 14.4. The molecule has 0 unspecified atom stereocenters. The van der Waals surface area contributed by atoms with Gasteiger partial charge in [-0.1, -0.05) is 17.7 Å². The van der Waals surface area contributed by atoms with Crippen LogP contribution in [-0.4, -0.2) is 49.1 Å². The average Bonchev–Trinajstić information content (AvgIpc) is 3.17. The first-order chi connectivity index (χ1) is 13.7. The van der Waals surface area contributed by atoms with Crippen molar-refractivity contribution in [2.45, 2.75) is 52.0 Å². The van der Waals surface area contributed by atoms with Crippen molar-refractivity contribution in [1.29, 1.82) is 0 Å². The van der Waals surface area contributed by atoms with Gasteiger partial charge in [0.25, 0.3) is 0 Å². The highest BCUT2D eigenvalue weighted by molar-refractivity contribution is 6.33. The second-order valence-corrected chi connectivity index (χ2v) is 8.18. The van der Waals surface area contributed by atoms with E-state index in [1.165, 1.54) is 4.90 Å². The van der Waals surface area contributed by atoms with Crippen LogP contribution in [-0.2, 0) is 16.4 Å². The van der Waals surface area contributed by atoms with Crippen LogP contribution in [0.5, 0.6) is 0 Å². The number of amides is 1. The van der Waals surface area contributed by atoms with Crippen LogP contribution in [0.2, 0.25) is 5.02 Å². The summed E-state index contributed by atoms with van der Waals surface area (Å²) in [5.41, 5.74) is -0.546. The number of tetrazole rings is 1. The maximum absolute atomic E-state index is 12.9. The van der Waals surface area contributed by atoms with Crippen LogP contribution in [0.1, 0.15) is 50.3 Å². The molecule has 0 radical (unpaired) electrons. The van der Waals surface area contributed by atoms with E-state index in [0.717, 1.165) is 4.68 Å². The molecule has 1 aliphatic rings. The molecule has 1 aromatic heterocycles. The number of benzene rings is 1. The van der Waals surface area contributed by atoms with Gasteiger partial charge >= 0.3 is 6.09 Å². The Morgan fingerprint density at radius 2 is 2.19 bits per heavy atom. The molecule has 8 nitrogen and oxygen atoms in total. The molecule has 1 aliphatic heterocycles. The SMILES string of the molecule is [2H]C([2H])([2H])n1nnnc1-c1cc([C@H]2COC(C)(C)N2C(=O)OC(C)(C)C)ccc1Cl. The van der Waals surface area contributed by atoms with Gasteiger partial charge in [-0.25, -0.2) is 9.48 Å². The molecule has 1 amide bonds. The number of halogens is 1. The molecule has 2 aromatic rings. The Labute approximate surface area is 167 Å². The van der Waals surface area contributed by atoms with E-state index in [2.05, 4.69) is 15.5 Å². The van der Waals surface area contributed by atoms with Crippen molar-refractivity contribution in [3.05, 3.63) is 28.8 Å². The van der Waals surface area contributed by atoms with Gasteiger partial charge in [-0.3, -0.25) is 4.90 Å². The Morgan fingerprint density at radius 3 is 2.85 bits per heavy atom. The number of aromatic nitrogens is 4. The van der Waals surface area contributed by atoms with E-state index in [4.69, 9.17) is 25.2 Å². The second-order valence-electron chi connectivity index (χ2n) is 7.78. The topological polar surface area (TPSA) is 82.4 Å². The Hall–Kier alpha value is -2.19. The number of nitrogens with zero attached hydrogens (tertiary/aromatic N) is 5. The summed E-state index contributed by atoms with van der Waals surface area (Å²) in [5, 5.41) is 11.2. The maximum atomic E-state index is 12.9. The lowest BCUT2D eigenvalue weighted by Crippen LogP contribution is -2.47. The molecule has 3 rings (SSSR count). The fourth-order valence-corrected chi connectivity index (χ4v) is 3.18. The number of hydrogen-bond acceptors (Lipinski definition) is 6. The highest BCUT2D eigenvalue weighted by Gasteiger charge is 2.46. The molecule has 0 saturated carbocycles. The molecule has 0 N–H and O–H groups in total. The smallest absolute Gasteiger partial charge is 0.413 e. The minimum absolute atomic E-state index is 0.00356. The van der Waals surface area contributed by atoms with Crippen molar-refractivity contribution in [2.24, 2.45) is 6.98 Å². The number of ether oxygens (including phenoxy) is 2. The molecule has 1 saturated heterocycles. The first-order valence-electron chi connectivity index (χ1n) is 9.96. The minimum Gasteiger partial charge on any atom is -0.444 e. The average molecular weight is 397 g/mol. The van der Waals surface area contributed by atoms with Crippen molar-refractivity contribution in [3.8, 4) is 11.4 Å². The first kappa shape index (κ1) is 15.8. The van der Waals surface area contributed by atoms with E-state index in [1.54, 1.807) is 52.8 Å². The fraction of sp³-hybridized carbons (Fsp3) is 0.556. The normalized spacial score (nSPS) is 21.5. The molecule has 1 aromatic carbocycles. The summed E-state index contributed by atoms with van der Waals surface area (Å²) in [6.07, 6.45) is -0.515. The predicted octanol–water partition coefficient (Wildman–Crippen LogP) is 3.58. The van der Waals surface area contributed by atoms with Crippen LogP contribution in [0, 0.1) is 0 Å². The molecule has 146 valence electrons. The van der Waals surface area contributed by atoms with Gasteiger partial charge in [0, 0.05) is 16.7 Å². The van der Waals surface area contributed by atoms with Crippen LogP contribution in [0.15, 0.2) is 18.2 Å². The fourth-order valence-electron chi connectivity index (χ4n) is 2.98. The van der Waals surface area contributed by atoms with E-state index in [-0.39, 0.29) is 17.5 Å². The summed E-state index contributed by atoms with van der Waals surface area (Å²) in [6.45, 7) is 6.60. The zero-order valence-electron chi connectivity index (χ0n) is 18.9. The Bertz CT molecular complexity index is 955. The maximum Gasteiger partial charge on any atom is 0.413 e. The number of aryl methyl sites for hydroxylation is 1. The lowest BCUT2D eigenvalue weighted by atomic mass is 10.0. The third-order valence-electron chi connectivity index (χ3n) is 4.16. The monoisotopic (exact) mass is 396 g/mol. The van der Waals surface area contributed by atoms with Crippen LogP contribution in [0.25, 0.3) is 11.4 Å². The molecule has 2 heterocycles. The zero-order valence-corrected chi connectivity index (χ0v) is 16.6. The van der Waals surface area contributed by atoms with E-state index in [0.29, 0.717) is 11.1 Å². The van der Waals surface area contributed by atoms with E-state index < -0.39 is 30.4 Å². The molecule has 0 aliphatic carbocycles. The van der Waals surface area contributed by atoms with Gasteiger partial charge in [0.05, 0.1) is 17.7 Å². The van der Waals surface area contributed by atoms with E-state index in [1.807, 2.05) is 0 Å². The van der Waals surface area contributed by atoms with Gasteiger partial charge in [0.1, 0.15) is 11.3 Å². The minimum atomic E-state index is -2.57. The molecule has 27 heavy (non-hydrogen) atoms. The van der Waals surface area contributed by atoms with Crippen molar-refractivity contribution in [3.63, 3.8) is 0 Å². The van der Waals surface area contributed by atoms with Gasteiger partial charge in [0.2, 0.25) is 0 Å². The van der Waals surface area contributed by atoms with Crippen molar-refractivity contribution >= 4 is 17.7 Å². The number of rotatable bonds is 2. The van der Waals surface area contributed by atoms with Crippen LogP contribution < -0.4 is 0 Å². The van der Waals surface area contributed by atoms with Gasteiger partial charge in [-0.15, -0.1) is 5.10 Å². The number of carbonyl (C=O) groups excluding carboxylic acids is 1. The third-order valence-corrected chi connectivity index (χ3v) is 4.49. The van der Waals surface area contributed by atoms with Crippen molar-refractivity contribution < 1.29 is 18.4 Å². The lowest BCUT2D eigenvalue weighted by molar-refractivity contribution is -0.0626. The molecular weight excluding hydrogens is 370 g/mol. The van der Waals surface area contributed by atoms with Gasteiger partial charge in [-0.05, 0) is 62.7 Å². The second kappa shape index (κ2) is 6.76. The quantitative estimate of drug-likeness (QED) is 0.771. The number of hydrogen-bond donors (Lipinski definition) is 0.